The molecule has 30 heavy (non-hydrogen) atoms. The van der Waals surface area contributed by atoms with Crippen molar-refractivity contribution in [2.75, 3.05) is 11.9 Å². The molecule has 0 aliphatic heterocycles. The van der Waals surface area contributed by atoms with Crippen LogP contribution in [0.5, 0.6) is 0 Å². The maximum Gasteiger partial charge on any atom is 0.310 e. The van der Waals surface area contributed by atoms with E-state index in [1.54, 1.807) is 13.1 Å². The zero-order valence-electron chi connectivity index (χ0n) is 16.8. The van der Waals surface area contributed by atoms with E-state index in [2.05, 4.69) is 28.5 Å². The number of fused-ring (bicyclic) bond motifs is 1. The summed E-state index contributed by atoms with van der Waals surface area (Å²) in [4.78, 5) is 16.1. The molecule has 4 nitrogen and oxygen atoms in total. The number of nitrogens with one attached hydrogen (secondary N) is 1. The zero-order valence-corrected chi connectivity index (χ0v) is 18.4. The number of aromatic nitrogens is 1. The third kappa shape index (κ3) is 5.13. The minimum Gasteiger partial charge on any atom is -0.466 e. The Hall–Kier alpha value is -2.56. The largest absolute Gasteiger partial charge is 0.466 e. The van der Waals surface area contributed by atoms with Gasteiger partial charge < -0.3 is 10.1 Å². The average molecular weight is 443 g/mol. The van der Waals surface area contributed by atoms with E-state index in [-0.39, 0.29) is 24.8 Å². The molecule has 1 heterocycles. The van der Waals surface area contributed by atoms with Crippen LogP contribution in [0.4, 0.5) is 11.5 Å². The quantitative estimate of drug-likeness (QED) is 0.464. The van der Waals surface area contributed by atoms with E-state index < -0.39 is 0 Å². The number of pyridine rings is 1. The van der Waals surface area contributed by atoms with Gasteiger partial charge in [0.05, 0.1) is 13.0 Å². The van der Waals surface area contributed by atoms with Crippen molar-refractivity contribution in [3.63, 3.8) is 0 Å². The molecule has 6 heteroatoms. The number of carbonyl (C=O) groups is 1. The number of halogens is 2. The highest BCUT2D eigenvalue weighted by Gasteiger charge is 2.17. The van der Waals surface area contributed by atoms with E-state index in [1.807, 2.05) is 30.3 Å². The maximum atomic E-state index is 11.6. The van der Waals surface area contributed by atoms with Crippen LogP contribution < -0.4 is 5.32 Å². The number of esters is 1. The third-order valence-electron chi connectivity index (χ3n) is 5.11. The molecule has 0 atom stereocenters. The highest BCUT2D eigenvalue weighted by molar-refractivity contribution is 6.30. The van der Waals surface area contributed by atoms with Gasteiger partial charge in [0.2, 0.25) is 0 Å². The summed E-state index contributed by atoms with van der Waals surface area (Å²) >= 11 is 6.19. The summed E-state index contributed by atoms with van der Waals surface area (Å²) in [7, 11) is 0. The number of carbonyl (C=O) groups excluding carboxylic acids is 1. The van der Waals surface area contributed by atoms with E-state index in [0.29, 0.717) is 6.61 Å². The molecule has 0 bridgehead atoms. The first kappa shape index (κ1) is 22.1. The summed E-state index contributed by atoms with van der Waals surface area (Å²) in [6.45, 7) is 2.19. The minimum absolute atomic E-state index is 0. The lowest BCUT2D eigenvalue weighted by Gasteiger charge is -2.14. The van der Waals surface area contributed by atoms with Crippen LogP contribution in [0.2, 0.25) is 5.02 Å². The topological polar surface area (TPSA) is 51.2 Å². The van der Waals surface area contributed by atoms with Crippen molar-refractivity contribution in [3.8, 4) is 11.1 Å². The van der Waals surface area contributed by atoms with Crippen LogP contribution in [-0.4, -0.2) is 17.6 Å². The zero-order chi connectivity index (χ0) is 20.2. The predicted octanol–water partition coefficient (Wildman–Crippen LogP) is 6.16. The van der Waals surface area contributed by atoms with Crippen LogP contribution in [0.1, 0.15) is 30.0 Å². The Morgan fingerprint density at radius 3 is 2.73 bits per heavy atom. The standard InChI is InChI=1S/C24H23ClN2O2.ClH/c1-2-29-24(28)11-16-9-10-23(26-15-16)27-22-14-19(12-18-6-4-8-21(18)22)17-5-3-7-20(25)13-17;/h3,5,7,9-10,12-15H,2,4,6,8,11H2,1H3,(H,26,27);1H. The van der Waals surface area contributed by atoms with Gasteiger partial charge in [0.15, 0.2) is 0 Å². The first-order valence-electron chi connectivity index (χ1n) is 9.91. The number of rotatable bonds is 6. The molecule has 0 unspecified atom stereocenters. The Morgan fingerprint density at radius 2 is 2.00 bits per heavy atom. The lowest BCUT2D eigenvalue weighted by molar-refractivity contribution is -0.142. The number of hydrogen-bond acceptors (Lipinski definition) is 4. The van der Waals surface area contributed by atoms with Gasteiger partial charge in [-0.05, 0) is 78.3 Å². The van der Waals surface area contributed by atoms with Gasteiger partial charge in [-0.15, -0.1) is 12.4 Å². The van der Waals surface area contributed by atoms with Gasteiger partial charge in [-0.25, -0.2) is 4.98 Å². The van der Waals surface area contributed by atoms with Crippen LogP contribution in [0.15, 0.2) is 54.7 Å². The second-order valence-corrected chi connectivity index (χ2v) is 7.62. The smallest absolute Gasteiger partial charge is 0.310 e. The van der Waals surface area contributed by atoms with E-state index in [4.69, 9.17) is 16.3 Å². The van der Waals surface area contributed by atoms with E-state index in [0.717, 1.165) is 52.5 Å². The summed E-state index contributed by atoms with van der Waals surface area (Å²) in [5.74, 6) is 0.525. The molecule has 1 aromatic heterocycles. The molecule has 0 radical (unpaired) electrons. The van der Waals surface area contributed by atoms with Crippen molar-refractivity contribution in [3.05, 3.63) is 76.4 Å². The number of nitrogens with zero attached hydrogens (tertiary/aromatic N) is 1. The van der Waals surface area contributed by atoms with Crippen molar-refractivity contribution in [2.24, 2.45) is 0 Å². The molecular formula is C24H24Cl2N2O2. The Labute approximate surface area is 188 Å². The highest BCUT2D eigenvalue weighted by Crippen LogP contribution is 2.36. The summed E-state index contributed by atoms with van der Waals surface area (Å²) in [5, 5.41) is 4.21. The highest BCUT2D eigenvalue weighted by atomic mass is 35.5. The molecule has 0 amide bonds. The lowest BCUT2D eigenvalue weighted by Crippen LogP contribution is -2.08. The van der Waals surface area contributed by atoms with Gasteiger partial charge in [-0.1, -0.05) is 35.9 Å². The maximum absolute atomic E-state index is 11.6. The van der Waals surface area contributed by atoms with Gasteiger partial charge >= 0.3 is 5.97 Å². The Balaban J connectivity index is 0.00000256. The summed E-state index contributed by atoms with van der Waals surface area (Å²) in [5.41, 5.74) is 6.91. The SMILES string of the molecule is CCOC(=O)Cc1ccc(Nc2cc(-c3cccc(Cl)c3)cc3c2CCC3)nc1.Cl. The summed E-state index contributed by atoms with van der Waals surface area (Å²) in [6.07, 6.45) is 5.27. The number of aryl methyl sites for hydroxylation is 1. The number of benzene rings is 2. The van der Waals surface area contributed by atoms with Gasteiger partial charge in [-0.2, -0.15) is 0 Å². The molecule has 0 saturated heterocycles. The van der Waals surface area contributed by atoms with E-state index >= 15 is 0 Å². The molecule has 156 valence electrons. The molecule has 1 aliphatic rings. The van der Waals surface area contributed by atoms with Gasteiger partial charge in [-0.3, -0.25) is 4.79 Å². The fraction of sp³-hybridized carbons (Fsp3) is 0.250. The average Bonchev–Trinajstić information content (AvgIpc) is 3.19. The minimum atomic E-state index is -0.234. The van der Waals surface area contributed by atoms with Crippen LogP contribution >= 0.6 is 24.0 Å². The van der Waals surface area contributed by atoms with Gasteiger partial charge in [0.1, 0.15) is 5.82 Å². The fourth-order valence-corrected chi connectivity index (χ4v) is 3.96. The molecule has 0 spiro atoms. The first-order valence-corrected chi connectivity index (χ1v) is 10.3. The predicted molar refractivity (Wildman–Crippen MR) is 124 cm³/mol. The third-order valence-corrected chi connectivity index (χ3v) is 5.35. The van der Waals surface area contributed by atoms with Crippen LogP contribution in [0.3, 0.4) is 0 Å². The van der Waals surface area contributed by atoms with Crippen molar-refractivity contribution in [2.45, 2.75) is 32.6 Å². The summed E-state index contributed by atoms with van der Waals surface area (Å²) in [6, 6.07) is 16.2. The Bertz CT molecular complexity index is 1040. The van der Waals surface area contributed by atoms with Crippen LogP contribution in [0, 0.1) is 0 Å². The molecule has 1 aliphatic carbocycles. The van der Waals surface area contributed by atoms with Crippen LogP contribution in [-0.2, 0) is 28.8 Å². The molecule has 3 aromatic rings. The first-order chi connectivity index (χ1) is 14.1. The Kier molecular flexibility index (Phi) is 7.35. The second-order valence-electron chi connectivity index (χ2n) is 7.18. The van der Waals surface area contributed by atoms with Crippen molar-refractivity contribution in [1.29, 1.82) is 0 Å². The molecule has 0 fully saturated rings. The molecule has 0 saturated carbocycles. The van der Waals surface area contributed by atoms with Crippen molar-refractivity contribution in [1.82, 2.24) is 4.98 Å². The monoisotopic (exact) mass is 442 g/mol. The number of anilines is 2. The number of hydrogen-bond donors (Lipinski definition) is 1. The van der Waals surface area contributed by atoms with Crippen LogP contribution in [0.25, 0.3) is 11.1 Å². The molecule has 2 aromatic carbocycles. The van der Waals surface area contributed by atoms with Crippen molar-refractivity contribution >= 4 is 41.5 Å². The number of ether oxygens (including phenoxy) is 1. The van der Waals surface area contributed by atoms with E-state index in [9.17, 15) is 4.79 Å². The summed E-state index contributed by atoms with van der Waals surface area (Å²) < 4.78 is 4.99. The molecule has 4 rings (SSSR count). The van der Waals surface area contributed by atoms with Gasteiger partial charge in [0.25, 0.3) is 0 Å². The second kappa shape index (κ2) is 9.96. The van der Waals surface area contributed by atoms with Gasteiger partial charge in [0, 0.05) is 16.9 Å². The molecular weight excluding hydrogens is 419 g/mol. The fourth-order valence-electron chi connectivity index (χ4n) is 3.77. The Morgan fingerprint density at radius 1 is 1.13 bits per heavy atom. The normalized spacial score (nSPS) is 12.1. The molecule has 1 N–H and O–H groups in total. The lowest BCUT2D eigenvalue weighted by atomic mass is 9.98. The van der Waals surface area contributed by atoms with E-state index in [1.165, 1.54) is 11.1 Å². The van der Waals surface area contributed by atoms with Crippen molar-refractivity contribution < 1.29 is 9.53 Å².